The molecule has 8 heteroatoms. The molecule has 0 aliphatic carbocycles. The van der Waals surface area contributed by atoms with Gasteiger partial charge in [0.05, 0.1) is 17.3 Å². The molecule has 0 saturated carbocycles. The van der Waals surface area contributed by atoms with Crippen molar-refractivity contribution in [1.82, 2.24) is 25.2 Å². The predicted molar refractivity (Wildman–Crippen MR) is 104 cm³/mol. The zero-order chi connectivity index (χ0) is 19.5. The van der Waals surface area contributed by atoms with E-state index in [0.29, 0.717) is 34.9 Å². The largest absolute Gasteiger partial charge is 0.333 e. The number of nitrogens with zero attached hydrogens (tertiary/aromatic N) is 5. The first kappa shape index (κ1) is 17.2. The number of H-pyrrole nitrogens is 1. The Labute approximate surface area is 160 Å². The van der Waals surface area contributed by atoms with E-state index in [0.717, 1.165) is 10.9 Å². The van der Waals surface area contributed by atoms with Crippen LogP contribution in [0.1, 0.15) is 16.1 Å². The Hall–Kier alpha value is -4.25. The molecule has 0 radical (unpaired) electrons. The van der Waals surface area contributed by atoms with Crippen molar-refractivity contribution in [3.63, 3.8) is 0 Å². The van der Waals surface area contributed by atoms with Gasteiger partial charge in [-0.15, -0.1) is 11.7 Å². The van der Waals surface area contributed by atoms with E-state index in [9.17, 15) is 10.1 Å². The monoisotopic (exact) mass is 369 g/mol. The number of aromatic nitrogens is 5. The topological polar surface area (TPSA) is 112 Å². The summed E-state index contributed by atoms with van der Waals surface area (Å²) in [6, 6.07) is 16.6. The van der Waals surface area contributed by atoms with Gasteiger partial charge in [0.25, 0.3) is 5.91 Å². The minimum atomic E-state index is -0.281. The summed E-state index contributed by atoms with van der Waals surface area (Å²) >= 11 is 0. The molecule has 0 spiro atoms. The molecule has 0 atom stereocenters. The van der Waals surface area contributed by atoms with Crippen molar-refractivity contribution < 1.29 is 4.79 Å². The number of anilines is 1. The van der Waals surface area contributed by atoms with Crippen LogP contribution in [0.4, 0.5) is 5.69 Å². The number of nitrogens with one attached hydrogen (secondary N) is 2. The van der Waals surface area contributed by atoms with Gasteiger partial charge in [-0.05, 0) is 40.8 Å². The molecular weight excluding hydrogens is 354 g/mol. The molecule has 0 saturated heterocycles. The number of benzene rings is 2. The van der Waals surface area contributed by atoms with Crippen LogP contribution in [0.2, 0.25) is 0 Å². The van der Waals surface area contributed by atoms with Gasteiger partial charge in [0.15, 0.2) is 5.82 Å². The molecule has 2 heterocycles. The Morgan fingerprint density at radius 3 is 2.89 bits per heavy atom. The lowest BCUT2D eigenvalue weighted by molar-refractivity contribution is 0.101. The predicted octanol–water partition coefficient (Wildman–Crippen LogP) is 3.13. The quantitative estimate of drug-likeness (QED) is 0.525. The summed E-state index contributed by atoms with van der Waals surface area (Å²) in [5.74, 6) is 0.0792. The zero-order valence-electron chi connectivity index (χ0n) is 14.8. The Bertz CT molecular complexity index is 1220. The van der Waals surface area contributed by atoms with E-state index < -0.39 is 0 Å². The third-order valence-electron chi connectivity index (χ3n) is 4.35. The average Bonchev–Trinajstić information content (AvgIpc) is 3.37. The van der Waals surface area contributed by atoms with Gasteiger partial charge in [-0.1, -0.05) is 24.3 Å². The van der Waals surface area contributed by atoms with Gasteiger partial charge in [0.1, 0.15) is 5.69 Å². The van der Waals surface area contributed by atoms with Crippen molar-refractivity contribution in [3.8, 4) is 17.5 Å². The Balaban J connectivity index is 1.76. The number of amides is 1. The molecule has 0 fully saturated rings. The highest BCUT2D eigenvalue weighted by Crippen LogP contribution is 2.27. The highest BCUT2D eigenvalue weighted by molar-refractivity contribution is 6.08. The normalized spacial score (nSPS) is 10.5. The maximum atomic E-state index is 13.1. The summed E-state index contributed by atoms with van der Waals surface area (Å²) in [5.41, 5.74) is 2.92. The SMILES string of the molecule is C=CCn1c(C(=O)Nc2ccc(C#N)cc2-c2nnn[nH]2)cc2ccccc21. The molecule has 2 N–H and O–H groups in total. The molecule has 8 nitrogen and oxygen atoms in total. The van der Waals surface area contributed by atoms with Crippen LogP contribution in [0.3, 0.4) is 0 Å². The molecule has 0 aliphatic rings. The van der Waals surface area contributed by atoms with Crippen LogP contribution in [0.25, 0.3) is 22.3 Å². The molecule has 136 valence electrons. The number of rotatable bonds is 5. The number of carbonyl (C=O) groups excluding carboxylic acids is 1. The number of fused-ring (bicyclic) bond motifs is 1. The van der Waals surface area contributed by atoms with Crippen LogP contribution in [0.15, 0.2) is 61.2 Å². The molecule has 28 heavy (non-hydrogen) atoms. The van der Waals surface area contributed by atoms with E-state index >= 15 is 0 Å². The Kier molecular flexibility index (Phi) is 4.40. The second kappa shape index (κ2) is 7.17. The number of allylic oxidation sites excluding steroid dienone is 1. The van der Waals surface area contributed by atoms with Crippen LogP contribution >= 0.6 is 0 Å². The van der Waals surface area contributed by atoms with Crippen molar-refractivity contribution in [3.05, 3.63) is 72.4 Å². The Morgan fingerprint density at radius 2 is 2.14 bits per heavy atom. The van der Waals surface area contributed by atoms with Crippen LogP contribution in [0, 0.1) is 11.3 Å². The zero-order valence-corrected chi connectivity index (χ0v) is 14.8. The van der Waals surface area contributed by atoms with Gasteiger partial charge in [-0.3, -0.25) is 4.79 Å². The van der Waals surface area contributed by atoms with Gasteiger partial charge >= 0.3 is 0 Å². The molecular formula is C20H15N7O. The third-order valence-corrected chi connectivity index (χ3v) is 4.35. The number of hydrogen-bond donors (Lipinski definition) is 2. The standard InChI is InChI=1S/C20H15N7O/c1-2-9-27-17-6-4-3-5-14(17)11-18(27)20(28)22-16-8-7-13(12-21)10-15(16)19-23-25-26-24-19/h2-8,10-11H,1,9H2,(H,22,28)(H,23,24,25,26). The van der Waals surface area contributed by atoms with E-state index in [2.05, 4.69) is 38.6 Å². The minimum absolute atomic E-state index is 0.281. The van der Waals surface area contributed by atoms with Gasteiger partial charge in [0.2, 0.25) is 0 Å². The van der Waals surface area contributed by atoms with Gasteiger partial charge < -0.3 is 9.88 Å². The first-order chi connectivity index (χ1) is 13.7. The lowest BCUT2D eigenvalue weighted by atomic mass is 10.1. The fourth-order valence-corrected chi connectivity index (χ4v) is 3.10. The van der Waals surface area contributed by atoms with Crippen molar-refractivity contribution in [2.45, 2.75) is 6.54 Å². The number of hydrogen-bond acceptors (Lipinski definition) is 5. The van der Waals surface area contributed by atoms with E-state index in [-0.39, 0.29) is 5.91 Å². The molecule has 0 aliphatic heterocycles. The molecule has 4 aromatic rings. The van der Waals surface area contributed by atoms with Crippen LogP contribution in [-0.4, -0.2) is 31.1 Å². The summed E-state index contributed by atoms with van der Waals surface area (Å²) in [7, 11) is 0. The Morgan fingerprint density at radius 1 is 1.29 bits per heavy atom. The van der Waals surface area contributed by atoms with Gasteiger partial charge in [-0.2, -0.15) is 5.26 Å². The molecule has 0 bridgehead atoms. The summed E-state index contributed by atoms with van der Waals surface area (Å²) in [6.07, 6.45) is 1.75. The second-order valence-corrected chi connectivity index (χ2v) is 6.06. The fraction of sp³-hybridized carbons (Fsp3) is 0.0500. The van der Waals surface area contributed by atoms with E-state index in [1.54, 1.807) is 24.3 Å². The van der Waals surface area contributed by atoms with Crippen molar-refractivity contribution in [2.24, 2.45) is 0 Å². The minimum Gasteiger partial charge on any atom is -0.333 e. The molecule has 1 amide bonds. The number of para-hydroxylation sites is 1. The van der Waals surface area contributed by atoms with E-state index in [4.69, 9.17) is 0 Å². The maximum absolute atomic E-state index is 13.1. The summed E-state index contributed by atoms with van der Waals surface area (Å²) in [6.45, 7) is 4.29. The first-order valence-electron chi connectivity index (χ1n) is 8.50. The first-order valence-corrected chi connectivity index (χ1v) is 8.50. The van der Waals surface area contributed by atoms with Gasteiger partial charge in [-0.25, -0.2) is 5.10 Å². The maximum Gasteiger partial charge on any atom is 0.272 e. The summed E-state index contributed by atoms with van der Waals surface area (Å²) in [5, 5.41) is 26.7. The van der Waals surface area contributed by atoms with Gasteiger partial charge in [0, 0.05) is 23.0 Å². The third kappa shape index (κ3) is 3.01. The van der Waals surface area contributed by atoms with E-state index in [1.165, 1.54) is 0 Å². The van der Waals surface area contributed by atoms with Crippen molar-refractivity contribution in [1.29, 1.82) is 5.26 Å². The number of carbonyl (C=O) groups is 1. The lowest BCUT2D eigenvalue weighted by Gasteiger charge is -2.11. The summed E-state index contributed by atoms with van der Waals surface area (Å²) in [4.78, 5) is 13.1. The van der Waals surface area contributed by atoms with Crippen molar-refractivity contribution >= 4 is 22.5 Å². The van der Waals surface area contributed by atoms with Crippen LogP contribution in [-0.2, 0) is 6.54 Å². The number of nitriles is 1. The summed E-state index contributed by atoms with van der Waals surface area (Å²) < 4.78 is 1.90. The molecule has 4 rings (SSSR count). The molecule has 2 aromatic heterocycles. The fourth-order valence-electron chi connectivity index (χ4n) is 3.10. The molecule has 0 unspecified atom stereocenters. The smallest absolute Gasteiger partial charge is 0.272 e. The lowest BCUT2D eigenvalue weighted by Crippen LogP contribution is -2.17. The van der Waals surface area contributed by atoms with Crippen molar-refractivity contribution in [2.75, 3.05) is 5.32 Å². The molecule has 2 aromatic carbocycles. The van der Waals surface area contributed by atoms with Crippen LogP contribution < -0.4 is 5.32 Å². The average molecular weight is 369 g/mol. The van der Waals surface area contributed by atoms with Crippen LogP contribution in [0.5, 0.6) is 0 Å². The number of tetrazole rings is 1. The highest BCUT2D eigenvalue weighted by atomic mass is 16.2. The van der Waals surface area contributed by atoms with E-state index in [1.807, 2.05) is 34.9 Å². The number of aromatic amines is 1. The second-order valence-electron chi connectivity index (χ2n) is 6.06. The highest BCUT2D eigenvalue weighted by Gasteiger charge is 2.18.